The van der Waals surface area contributed by atoms with Gasteiger partial charge in [-0.25, -0.2) is 9.97 Å². The minimum absolute atomic E-state index is 0.162. The fourth-order valence-corrected chi connectivity index (χ4v) is 4.74. The highest BCUT2D eigenvalue weighted by Gasteiger charge is 2.19. The average molecular weight is 419 g/mol. The van der Waals surface area contributed by atoms with Crippen molar-refractivity contribution in [3.63, 3.8) is 0 Å². The molecule has 7 heteroatoms. The quantitative estimate of drug-likeness (QED) is 0.477. The van der Waals surface area contributed by atoms with Gasteiger partial charge in [-0.1, -0.05) is 0 Å². The molecule has 0 radical (unpaired) electrons. The van der Waals surface area contributed by atoms with E-state index in [1.54, 1.807) is 0 Å². The first-order chi connectivity index (χ1) is 14.6. The molecule has 152 valence electrons. The number of anilines is 1. The number of furan rings is 1. The molecule has 4 aromatic rings. The number of benzene rings is 1. The van der Waals surface area contributed by atoms with Crippen LogP contribution in [0, 0.1) is 13.8 Å². The van der Waals surface area contributed by atoms with Gasteiger partial charge in [-0.15, -0.1) is 11.3 Å². The summed E-state index contributed by atoms with van der Waals surface area (Å²) in [5.74, 6) is 2.35. The number of amides is 1. The fourth-order valence-electron chi connectivity index (χ4n) is 3.82. The first-order valence-electron chi connectivity index (χ1n) is 10.1. The number of rotatable bonds is 4. The van der Waals surface area contributed by atoms with Crippen molar-refractivity contribution in [3.05, 3.63) is 64.6 Å². The maximum absolute atomic E-state index is 12.8. The summed E-state index contributed by atoms with van der Waals surface area (Å²) in [5.41, 5.74) is 3.81. The Kier molecular flexibility index (Phi) is 4.75. The number of imidazole rings is 1. The smallest absolute Gasteiger partial charge is 0.267 e. The topological polar surface area (TPSA) is 73.0 Å². The van der Waals surface area contributed by atoms with E-state index >= 15 is 0 Å². The van der Waals surface area contributed by atoms with Crippen LogP contribution in [0.25, 0.3) is 22.2 Å². The highest BCUT2D eigenvalue weighted by atomic mass is 32.1. The third kappa shape index (κ3) is 3.45. The van der Waals surface area contributed by atoms with Crippen molar-refractivity contribution in [2.45, 2.75) is 39.7 Å². The number of aryl methyl sites for hydroxylation is 3. The minimum atomic E-state index is -0.162. The van der Waals surface area contributed by atoms with E-state index in [2.05, 4.69) is 19.9 Å². The predicted molar refractivity (Wildman–Crippen MR) is 118 cm³/mol. The third-order valence-corrected chi connectivity index (χ3v) is 6.53. The second kappa shape index (κ2) is 7.57. The Morgan fingerprint density at radius 3 is 2.73 bits per heavy atom. The SMILES string of the molecule is Cc1ccc(-c2nc(C)c(C(=O)Nc3ccc(-c4ncc5n4CCCC5)cc3)s2)o1. The molecule has 0 atom stereocenters. The number of fused-ring (bicyclic) bond motifs is 1. The minimum Gasteiger partial charge on any atom is -0.459 e. The number of nitrogens with zero attached hydrogens (tertiary/aromatic N) is 3. The van der Waals surface area contributed by atoms with Crippen LogP contribution < -0.4 is 5.32 Å². The Balaban J connectivity index is 1.33. The third-order valence-electron chi connectivity index (χ3n) is 5.36. The fraction of sp³-hybridized carbons (Fsp3) is 0.261. The molecule has 1 aliphatic heterocycles. The maximum Gasteiger partial charge on any atom is 0.267 e. The highest BCUT2D eigenvalue weighted by molar-refractivity contribution is 7.17. The molecule has 1 amide bonds. The molecule has 5 rings (SSSR count). The highest BCUT2D eigenvalue weighted by Crippen LogP contribution is 2.30. The normalized spacial score (nSPS) is 13.3. The van der Waals surface area contributed by atoms with E-state index in [1.807, 2.05) is 56.4 Å². The molecule has 1 aliphatic rings. The lowest BCUT2D eigenvalue weighted by Crippen LogP contribution is -2.12. The van der Waals surface area contributed by atoms with Crippen LogP contribution >= 0.6 is 11.3 Å². The van der Waals surface area contributed by atoms with Crippen molar-refractivity contribution < 1.29 is 9.21 Å². The van der Waals surface area contributed by atoms with Crippen LogP contribution in [0.3, 0.4) is 0 Å². The summed E-state index contributed by atoms with van der Waals surface area (Å²) in [4.78, 5) is 22.5. The second-order valence-corrected chi connectivity index (χ2v) is 8.56. The molecule has 0 saturated carbocycles. The van der Waals surface area contributed by atoms with Crippen molar-refractivity contribution in [2.24, 2.45) is 0 Å². The van der Waals surface area contributed by atoms with E-state index in [-0.39, 0.29) is 5.91 Å². The summed E-state index contributed by atoms with van der Waals surface area (Å²) in [6.07, 6.45) is 5.50. The summed E-state index contributed by atoms with van der Waals surface area (Å²) in [5, 5.41) is 3.69. The molecule has 3 aromatic heterocycles. The van der Waals surface area contributed by atoms with Gasteiger partial charge in [0.05, 0.1) is 5.69 Å². The molecular weight excluding hydrogens is 396 g/mol. The van der Waals surface area contributed by atoms with E-state index < -0.39 is 0 Å². The Bertz CT molecular complexity index is 1220. The zero-order chi connectivity index (χ0) is 20.7. The average Bonchev–Trinajstić information content (AvgIpc) is 3.46. The summed E-state index contributed by atoms with van der Waals surface area (Å²) < 4.78 is 7.93. The molecule has 1 N–H and O–H groups in total. The van der Waals surface area contributed by atoms with Crippen molar-refractivity contribution >= 4 is 22.9 Å². The van der Waals surface area contributed by atoms with Gasteiger partial charge in [0.25, 0.3) is 5.91 Å². The molecule has 0 unspecified atom stereocenters. The molecule has 4 heterocycles. The second-order valence-electron chi connectivity index (χ2n) is 7.56. The number of thiazole rings is 1. The lowest BCUT2D eigenvalue weighted by atomic mass is 10.1. The van der Waals surface area contributed by atoms with Gasteiger partial charge in [0.1, 0.15) is 16.5 Å². The van der Waals surface area contributed by atoms with Crippen LogP contribution in [0.15, 0.2) is 47.0 Å². The number of nitrogens with one attached hydrogen (secondary N) is 1. The zero-order valence-corrected chi connectivity index (χ0v) is 17.8. The van der Waals surface area contributed by atoms with Crippen LogP contribution in [-0.2, 0) is 13.0 Å². The molecule has 0 spiro atoms. The molecular formula is C23H22N4O2S. The number of aromatic nitrogens is 3. The lowest BCUT2D eigenvalue weighted by Gasteiger charge is -2.16. The maximum atomic E-state index is 12.8. The van der Waals surface area contributed by atoms with Crippen LogP contribution in [0.2, 0.25) is 0 Å². The van der Waals surface area contributed by atoms with Crippen molar-refractivity contribution in [3.8, 4) is 22.2 Å². The predicted octanol–water partition coefficient (Wildman–Crippen LogP) is 5.47. The number of hydrogen-bond donors (Lipinski definition) is 1. The van der Waals surface area contributed by atoms with E-state index in [4.69, 9.17) is 4.42 Å². The van der Waals surface area contributed by atoms with E-state index in [1.165, 1.54) is 29.9 Å². The van der Waals surface area contributed by atoms with E-state index in [0.717, 1.165) is 35.8 Å². The summed E-state index contributed by atoms with van der Waals surface area (Å²) in [7, 11) is 0. The van der Waals surface area contributed by atoms with Gasteiger partial charge in [-0.05, 0) is 69.5 Å². The van der Waals surface area contributed by atoms with Gasteiger partial charge in [-0.2, -0.15) is 0 Å². The van der Waals surface area contributed by atoms with Crippen LogP contribution in [-0.4, -0.2) is 20.4 Å². The van der Waals surface area contributed by atoms with Gasteiger partial charge in [-0.3, -0.25) is 4.79 Å². The molecule has 0 saturated heterocycles. The van der Waals surface area contributed by atoms with Crippen molar-refractivity contribution in [2.75, 3.05) is 5.32 Å². The van der Waals surface area contributed by atoms with Crippen LogP contribution in [0.4, 0.5) is 5.69 Å². The van der Waals surface area contributed by atoms with Crippen LogP contribution in [0.1, 0.15) is 39.7 Å². The van der Waals surface area contributed by atoms with E-state index in [9.17, 15) is 4.79 Å². The number of carbonyl (C=O) groups excluding carboxylic acids is 1. The van der Waals surface area contributed by atoms with Crippen molar-refractivity contribution in [1.82, 2.24) is 14.5 Å². The molecule has 0 fully saturated rings. The van der Waals surface area contributed by atoms with Gasteiger partial charge in [0.2, 0.25) is 0 Å². The van der Waals surface area contributed by atoms with Crippen LogP contribution in [0.5, 0.6) is 0 Å². The largest absolute Gasteiger partial charge is 0.459 e. The summed E-state index contributed by atoms with van der Waals surface area (Å²) in [6, 6.07) is 11.6. The molecule has 6 nitrogen and oxygen atoms in total. The Hall–Kier alpha value is -3.19. The Morgan fingerprint density at radius 1 is 1.13 bits per heavy atom. The van der Waals surface area contributed by atoms with Gasteiger partial charge in [0.15, 0.2) is 10.8 Å². The van der Waals surface area contributed by atoms with Gasteiger partial charge in [0, 0.05) is 29.7 Å². The molecule has 0 bridgehead atoms. The number of carbonyl (C=O) groups is 1. The van der Waals surface area contributed by atoms with Gasteiger partial charge < -0.3 is 14.3 Å². The summed E-state index contributed by atoms with van der Waals surface area (Å²) >= 11 is 1.34. The molecule has 30 heavy (non-hydrogen) atoms. The van der Waals surface area contributed by atoms with Crippen molar-refractivity contribution in [1.29, 1.82) is 0 Å². The first-order valence-corrected chi connectivity index (χ1v) is 10.9. The zero-order valence-electron chi connectivity index (χ0n) is 16.9. The molecule has 1 aromatic carbocycles. The van der Waals surface area contributed by atoms with E-state index in [0.29, 0.717) is 21.3 Å². The monoisotopic (exact) mass is 418 g/mol. The lowest BCUT2D eigenvalue weighted by molar-refractivity contribution is 0.103. The summed E-state index contributed by atoms with van der Waals surface area (Å²) in [6.45, 7) is 4.75. The number of hydrogen-bond acceptors (Lipinski definition) is 5. The first kappa shape index (κ1) is 18.8. The Labute approximate surface area is 178 Å². The molecule has 0 aliphatic carbocycles. The standard InChI is InChI=1S/C23H22N4O2S/c1-14-6-11-19(29-14)23-25-15(2)20(30-23)22(28)26-17-9-7-16(8-10-17)21-24-13-18-5-3-4-12-27(18)21/h6-11,13H,3-5,12H2,1-2H3,(H,26,28). The van der Waals surface area contributed by atoms with Gasteiger partial charge >= 0.3 is 0 Å². The Morgan fingerprint density at radius 2 is 1.97 bits per heavy atom.